The van der Waals surface area contributed by atoms with Gasteiger partial charge < -0.3 is 0 Å². The summed E-state index contributed by atoms with van der Waals surface area (Å²) in [5.41, 5.74) is 0.480. The maximum atomic E-state index is 2.32. The zero-order valence-electron chi connectivity index (χ0n) is 9.65. The predicted octanol–water partition coefficient (Wildman–Crippen LogP) is 4.35. The van der Waals surface area contributed by atoms with Crippen molar-refractivity contribution < 1.29 is 0 Å². The summed E-state index contributed by atoms with van der Waals surface area (Å²) in [6.07, 6.45) is 0. The van der Waals surface area contributed by atoms with Crippen molar-refractivity contribution in [2.45, 2.75) is 55.4 Å². The van der Waals surface area contributed by atoms with E-state index in [4.69, 9.17) is 0 Å². The van der Waals surface area contributed by atoms with E-state index in [1.54, 1.807) is 0 Å². The molecule has 0 saturated carbocycles. The van der Waals surface area contributed by atoms with Crippen LogP contribution in [0.3, 0.4) is 0 Å². The van der Waals surface area contributed by atoms with Gasteiger partial charge in [0, 0.05) is 0 Å². The highest BCUT2D eigenvalue weighted by Crippen LogP contribution is 2.30. The molecule has 0 aromatic heterocycles. The van der Waals surface area contributed by atoms with Gasteiger partial charge in [0.1, 0.15) is 0 Å². The molecule has 0 aliphatic rings. The van der Waals surface area contributed by atoms with Crippen LogP contribution in [0.4, 0.5) is 0 Å². The minimum absolute atomic E-state index is 0.480. The first-order chi connectivity index (χ1) is 4.85. The fourth-order valence-corrected chi connectivity index (χ4v) is 1.00. The molecule has 0 spiro atoms. The molecule has 0 heteroatoms. The van der Waals surface area contributed by atoms with Crippen molar-refractivity contribution >= 4 is 0 Å². The Kier molecular flexibility index (Phi) is 6.94. The molecule has 0 aromatic carbocycles. The molecular formula is C11H26. The van der Waals surface area contributed by atoms with Gasteiger partial charge in [-0.3, -0.25) is 0 Å². The normalized spacial score (nSPS) is 13.9. The van der Waals surface area contributed by atoms with Crippen LogP contribution in [-0.4, -0.2) is 0 Å². The Morgan fingerprint density at radius 3 is 1.09 bits per heavy atom. The van der Waals surface area contributed by atoms with Gasteiger partial charge in [-0.15, -0.1) is 0 Å². The van der Waals surface area contributed by atoms with Crippen molar-refractivity contribution in [1.82, 2.24) is 0 Å². The van der Waals surface area contributed by atoms with E-state index in [0.717, 1.165) is 11.8 Å². The van der Waals surface area contributed by atoms with Crippen LogP contribution >= 0.6 is 0 Å². The summed E-state index contributed by atoms with van der Waals surface area (Å²) < 4.78 is 0. The molecule has 11 heavy (non-hydrogen) atoms. The van der Waals surface area contributed by atoms with Gasteiger partial charge in [0.15, 0.2) is 0 Å². The average Bonchev–Trinajstić information content (AvgIpc) is 1.89. The second kappa shape index (κ2) is 5.62. The molecule has 0 bridgehead atoms. The van der Waals surface area contributed by atoms with Gasteiger partial charge in [-0.1, -0.05) is 55.4 Å². The highest BCUT2D eigenvalue weighted by molar-refractivity contribution is 4.71. The fourth-order valence-electron chi connectivity index (χ4n) is 1.00. The Morgan fingerprint density at radius 1 is 0.818 bits per heavy atom. The second-order valence-electron chi connectivity index (χ2n) is 4.40. The summed E-state index contributed by atoms with van der Waals surface area (Å²) in [6.45, 7) is 17.8. The molecule has 0 radical (unpaired) electrons. The molecule has 0 nitrogen and oxygen atoms in total. The van der Waals surface area contributed by atoms with Gasteiger partial charge in [0.25, 0.3) is 0 Å². The first-order valence-electron chi connectivity index (χ1n) is 4.85. The Balaban J connectivity index is 0. The third-order valence-corrected chi connectivity index (χ3v) is 2.37. The van der Waals surface area contributed by atoms with Gasteiger partial charge in [-0.05, 0) is 17.3 Å². The Morgan fingerprint density at radius 2 is 1.09 bits per heavy atom. The van der Waals surface area contributed by atoms with E-state index in [2.05, 4.69) is 41.5 Å². The molecule has 0 aromatic rings. The van der Waals surface area contributed by atoms with E-state index in [1.807, 2.05) is 13.8 Å². The van der Waals surface area contributed by atoms with E-state index in [9.17, 15) is 0 Å². The molecule has 0 heterocycles. The quantitative estimate of drug-likeness (QED) is 0.532. The molecule has 0 N–H and O–H groups in total. The first kappa shape index (κ1) is 13.6. The van der Waals surface area contributed by atoms with Crippen LogP contribution < -0.4 is 0 Å². The topological polar surface area (TPSA) is 0 Å². The van der Waals surface area contributed by atoms with E-state index in [0.29, 0.717) is 5.41 Å². The summed E-state index contributed by atoms with van der Waals surface area (Å²) in [5.74, 6) is 1.63. The van der Waals surface area contributed by atoms with Crippen LogP contribution in [0.25, 0.3) is 0 Å². The van der Waals surface area contributed by atoms with Crippen molar-refractivity contribution in [2.75, 3.05) is 0 Å². The lowest BCUT2D eigenvalue weighted by Crippen LogP contribution is -2.21. The minimum atomic E-state index is 0.480. The molecule has 1 unspecified atom stereocenters. The van der Waals surface area contributed by atoms with Crippen molar-refractivity contribution in [1.29, 1.82) is 0 Å². The molecule has 0 saturated heterocycles. The predicted molar refractivity (Wildman–Crippen MR) is 54.8 cm³/mol. The Hall–Kier alpha value is 0. The number of hydrogen-bond donors (Lipinski definition) is 0. The molecule has 0 rings (SSSR count). The SMILES string of the molecule is CC.CC(C)C(C)C(C)(C)C. The summed E-state index contributed by atoms with van der Waals surface area (Å²) in [4.78, 5) is 0. The largest absolute Gasteiger partial charge is 0.0683 e. The Labute approximate surface area is 73.4 Å². The molecule has 0 aliphatic heterocycles. The molecule has 0 aliphatic carbocycles. The molecule has 1 atom stereocenters. The lowest BCUT2D eigenvalue weighted by molar-refractivity contribution is 0.199. The lowest BCUT2D eigenvalue weighted by atomic mass is 9.76. The maximum Gasteiger partial charge on any atom is -0.0354 e. The maximum absolute atomic E-state index is 2.32. The third kappa shape index (κ3) is 6.40. The molecule has 70 valence electrons. The van der Waals surface area contributed by atoms with Crippen LogP contribution in [0.2, 0.25) is 0 Å². The van der Waals surface area contributed by atoms with Gasteiger partial charge in [0.2, 0.25) is 0 Å². The molecule has 0 fully saturated rings. The van der Waals surface area contributed by atoms with Crippen molar-refractivity contribution in [3.05, 3.63) is 0 Å². The standard InChI is InChI=1S/C9H20.C2H6/c1-7(2)8(3)9(4,5)6;1-2/h7-8H,1-6H3;1-2H3. The van der Waals surface area contributed by atoms with E-state index < -0.39 is 0 Å². The zero-order valence-corrected chi connectivity index (χ0v) is 9.65. The van der Waals surface area contributed by atoms with E-state index in [1.165, 1.54) is 0 Å². The van der Waals surface area contributed by atoms with Crippen LogP contribution in [0.5, 0.6) is 0 Å². The average molecular weight is 158 g/mol. The van der Waals surface area contributed by atoms with Crippen LogP contribution in [0.1, 0.15) is 55.4 Å². The number of hydrogen-bond acceptors (Lipinski definition) is 0. The molecule has 0 amide bonds. The van der Waals surface area contributed by atoms with Gasteiger partial charge in [-0.2, -0.15) is 0 Å². The Bertz CT molecular complexity index is 74.5. The summed E-state index contributed by atoms with van der Waals surface area (Å²) in [7, 11) is 0. The fraction of sp³-hybridized carbons (Fsp3) is 1.00. The first-order valence-corrected chi connectivity index (χ1v) is 4.85. The van der Waals surface area contributed by atoms with Gasteiger partial charge >= 0.3 is 0 Å². The number of rotatable bonds is 1. The van der Waals surface area contributed by atoms with Gasteiger partial charge in [-0.25, -0.2) is 0 Å². The van der Waals surface area contributed by atoms with Crippen molar-refractivity contribution in [3.63, 3.8) is 0 Å². The summed E-state index contributed by atoms with van der Waals surface area (Å²) >= 11 is 0. The van der Waals surface area contributed by atoms with E-state index >= 15 is 0 Å². The minimum Gasteiger partial charge on any atom is -0.0683 e. The van der Waals surface area contributed by atoms with Crippen LogP contribution in [0.15, 0.2) is 0 Å². The summed E-state index contributed by atoms with van der Waals surface area (Å²) in [6, 6.07) is 0. The van der Waals surface area contributed by atoms with Crippen molar-refractivity contribution in [2.24, 2.45) is 17.3 Å². The van der Waals surface area contributed by atoms with E-state index in [-0.39, 0.29) is 0 Å². The van der Waals surface area contributed by atoms with Crippen LogP contribution in [-0.2, 0) is 0 Å². The van der Waals surface area contributed by atoms with Crippen molar-refractivity contribution in [3.8, 4) is 0 Å². The monoisotopic (exact) mass is 158 g/mol. The third-order valence-electron chi connectivity index (χ3n) is 2.37. The molecular weight excluding hydrogens is 132 g/mol. The lowest BCUT2D eigenvalue weighted by Gasteiger charge is -2.30. The zero-order chi connectivity index (χ0) is 9.65. The van der Waals surface area contributed by atoms with Gasteiger partial charge in [0.05, 0.1) is 0 Å². The summed E-state index contributed by atoms with van der Waals surface area (Å²) in [5, 5.41) is 0. The second-order valence-corrected chi connectivity index (χ2v) is 4.40. The highest BCUT2D eigenvalue weighted by atomic mass is 14.3. The van der Waals surface area contributed by atoms with Crippen LogP contribution in [0, 0.1) is 17.3 Å². The smallest absolute Gasteiger partial charge is 0.0354 e. The highest BCUT2D eigenvalue weighted by Gasteiger charge is 2.22.